The molecule has 2 heterocycles. The first-order valence-electron chi connectivity index (χ1n) is 6.77. The number of aromatic nitrogens is 1. The largest absolute Gasteiger partial charge is 0.354 e. The fourth-order valence-electron chi connectivity index (χ4n) is 2.32. The van der Waals surface area contributed by atoms with E-state index in [4.69, 9.17) is 0 Å². The second kappa shape index (κ2) is 5.09. The van der Waals surface area contributed by atoms with E-state index in [0.29, 0.717) is 19.1 Å². The lowest BCUT2D eigenvalue weighted by molar-refractivity contribution is 0.585. The fourth-order valence-corrected chi connectivity index (χ4v) is 3.52. The second-order valence-corrected chi connectivity index (χ2v) is 7.58. The molecule has 0 unspecified atom stereocenters. The normalized spacial score (nSPS) is 22.4. The minimum absolute atomic E-state index is 0.235. The molecule has 0 amide bonds. The van der Waals surface area contributed by atoms with Crippen LogP contribution in [0.15, 0.2) is 18.3 Å². The Bertz CT molecular complexity index is 541. The van der Waals surface area contributed by atoms with Gasteiger partial charge < -0.3 is 10.2 Å². The van der Waals surface area contributed by atoms with Gasteiger partial charge in [-0.2, -0.15) is 0 Å². The molecule has 3 rings (SSSR count). The van der Waals surface area contributed by atoms with Gasteiger partial charge in [-0.05, 0) is 18.9 Å². The van der Waals surface area contributed by atoms with E-state index in [0.717, 1.165) is 17.9 Å². The minimum atomic E-state index is -2.84. The third-order valence-electron chi connectivity index (χ3n) is 3.67. The van der Waals surface area contributed by atoms with Crippen LogP contribution in [0, 0.1) is 0 Å². The van der Waals surface area contributed by atoms with E-state index in [1.54, 1.807) is 6.20 Å². The van der Waals surface area contributed by atoms with Crippen molar-refractivity contribution in [1.29, 1.82) is 0 Å². The smallest absolute Gasteiger partial charge is 0.153 e. The highest BCUT2D eigenvalue weighted by Gasteiger charge is 2.25. The summed E-state index contributed by atoms with van der Waals surface area (Å²) in [5.41, 5.74) is 1.16. The van der Waals surface area contributed by atoms with Crippen LogP contribution in [0.1, 0.15) is 18.4 Å². The van der Waals surface area contributed by atoms with Crippen molar-refractivity contribution in [3.8, 4) is 0 Å². The van der Waals surface area contributed by atoms with Crippen molar-refractivity contribution < 1.29 is 8.42 Å². The predicted octanol–water partition coefficient (Wildman–Crippen LogP) is 0.568. The molecular formula is C13H19N3O2S. The Hall–Kier alpha value is -1.14. The van der Waals surface area contributed by atoms with Gasteiger partial charge >= 0.3 is 0 Å². The molecule has 104 valence electrons. The summed E-state index contributed by atoms with van der Waals surface area (Å²) in [6, 6.07) is 4.67. The molecule has 1 aromatic rings. The highest BCUT2D eigenvalue weighted by molar-refractivity contribution is 7.91. The number of rotatable bonds is 4. The molecule has 1 saturated heterocycles. The first-order valence-corrected chi connectivity index (χ1v) is 8.59. The van der Waals surface area contributed by atoms with Crippen molar-refractivity contribution in [2.75, 3.05) is 29.5 Å². The number of pyridine rings is 1. The summed E-state index contributed by atoms with van der Waals surface area (Å²) in [5, 5.41) is 3.48. The van der Waals surface area contributed by atoms with Gasteiger partial charge in [-0.15, -0.1) is 0 Å². The number of hydrogen-bond donors (Lipinski definition) is 1. The van der Waals surface area contributed by atoms with Gasteiger partial charge in [-0.3, -0.25) is 0 Å². The molecule has 0 spiro atoms. The van der Waals surface area contributed by atoms with Crippen LogP contribution < -0.4 is 10.2 Å². The zero-order valence-corrected chi connectivity index (χ0v) is 11.7. The fraction of sp³-hybridized carbons (Fsp3) is 0.615. The van der Waals surface area contributed by atoms with Crippen LogP contribution in [0.3, 0.4) is 0 Å². The van der Waals surface area contributed by atoms with Crippen LogP contribution in [0.2, 0.25) is 0 Å². The molecule has 0 radical (unpaired) electrons. The Kier molecular flexibility index (Phi) is 3.45. The van der Waals surface area contributed by atoms with Gasteiger partial charge in [0.05, 0.1) is 11.5 Å². The third-order valence-corrected chi connectivity index (χ3v) is 5.28. The first kappa shape index (κ1) is 12.9. The highest BCUT2D eigenvalue weighted by Crippen LogP contribution is 2.23. The molecule has 1 aromatic heterocycles. The van der Waals surface area contributed by atoms with E-state index in [-0.39, 0.29) is 11.5 Å². The predicted molar refractivity (Wildman–Crippen MR) is 75.0 cm³/mol. The molecule has 5 nitrogen and oxygen atoms in total. The molecule has 0 atom stereocenters. The van der Waals surface area contributed by atoms with Gasteiger partial charge in [0, 0.05) is 37.4 Å². The van der Waals surface area contributed by atoms with Crippen LogP contribution in [-0.2, 0) is 16.4 Å². The van der Waals surface area contributed by atoms with Crippen molar-refractivity contribution in [3.63, 3.8) is 0 Å². The summed E-state index contributed by atoms with van der Waals surface area (Å²) >= 11 is 0. The molecule has 6 heteroatoms. The number of anilines is 1. The standard InChI is InChI=1S/C13H19N3O2S/c17-19(18)8-6-16(7-9-19)13-11(2-1-5-14-13)10-15-12-3-4-12/h1-2,5,12,15H,3-4,6-10H2. The van der Waals surface area contributed by atoms with Gasteiger partial charge in [-0.25, -0.2) is 13.4 Å². The Labute approximate surface area is 113 Å². The van der Waals surface area contributed by atoms with Gasteiger partial charge in [0.15, 0.2) is 9.84 Å². The Balaban J connectivity index is 1.72. The summed E-state index contributed by atoms with van der Waals surface area (Å²) < 4.78 is 23.0. The molecule has 2 aliphatic rings. The van der Waals surface area contributed by atoms with E-state index >= 15 is 0 Å². The number of hydrogen-bond acceptors (Lipinski definition) is 5. The molecule has 2 fully saturated rings. The lowest BCUT2D eigenvalue weighted by Gasteiger charge is -2.29. The van der Waals surface area contributed by atoms with Crippen LogP contribution >= 0.6 is 0 Å². The third kappa shape index (κ3) is 3.25. The molecule has 0 aromatic carbocycles. The molecule has 19 heavy (non-hydrogen) atoms. The SMILES string of the molecule is O=S1(=O)CCN(c2ncccc2CNC2CC2)CC1. The molecule has 1 aliphatic carbocycles. The van der Waals surface area contributed by atoms with Crippen molar-refractivity contribution in [1.82, 2.24) is 10.3 Å². The lowest BCUT2D eigenvalue weighted by Crippen LogP contribution is -2.41. The monoisotopic (exact) mass is 281 g/mol. The van der Waals surface area contributed by atoms with Gasteiger partial charge in [0.2, 0.25) is 0 Å². The zero-order chi connectivity index (χ0) is 13.3. The molecule has 1 saturated carbocycles. The van der Waals surface area contributed by atoms with Gasteiger partial charge in [0.25, 0.3) is 0 Å². The van der Waals surface area contributed by atoms with Crippen LogP contribution in [-0.4, -0.2) is 44.0 Å². The van der Waals surface area contributed by atoms with Crippen molar-refractivity contribution in [3.05, 3.63) is 23.9 Å². The molecular weight excluding hydrogens is 262 g/mol. The van der Waals surface area contributed by atoms with E-state index in [1.165, 1.54) is 12.8 Å². The second-order valence-electron chi connectivity index (χ2n) is 5.28. The van der Waals surface area contributed by atoms with E-state index in [9.17, 15) is 8.42 Å². The van der Waals surface area contributed by atoms with Crippen molar-refractivity contribution in [2.24, 2.45) is 0 Å². The van der Waals surface area contributed by atoms with E-state index < -0.39 is 9.84 Å². The van der Waals surface area contributed by atoms with E-state index in [2.05, 4.69) is 21.3 Å². The Morgan fingerprint density at radius 3 is 2.74 bits per heavy atom. The summed E-state index contributed by atoms with van der Waals surface area (Å²) in [6.45, 7) is 1.92. The summed E-state index contributed by atoms with van der Waals surface area (Å²) in [6.07, 6.45) is 4.30. The number of sulfone groups is 1. The summed E-state index contributed by atoms with van der Waals surface area (Å²) in [5.74, 6) is 1.41. The average Bonchev–Trinajstić information content (AvgIpc) is 3.21. The van der Waals surface area contributed by atoms with E-state index in [1.807, 2.05) is 6.07 Å². The quantitative estimate of drug-likeness (QED) is 0.874. The Morgan fingerprint density at radius 1 is 1.32 bits per heavy atom. The van der Waals surface area contributed by atoms with Crippen LogP contribution in [0.5, 0.6) is 0 Å². The van der Waals surface area contributed by atoms with Crippen molar-refractivity contribution >= 4 is 15.7 Å². The average molecular weight is 281 g/mol. The lowest BCUT2D eigenvalue weighted by atomic mass is 10.2. The minimum Gasteiger partial charge on any atom is -0.354 e. The maximum atomic E-state index is 11.5. The summed E-state index contributed by atoms with van der Waals surface area (Å²) in [7, 11) is -2.84. The van der Waals surface area contributed by atoms with Crippen LogP contribution in [0.4, 0.5) is 5.82 Å². The van der Waals surface area contributed by atoms with Gasteiger partial charge in [0.1, 0.15) is 5.82 Å². The zero-order valence-electron chi connectivity index (χ0n) is 10.9. The maximum Gasteiger partial charge on any atom is 0.153 e. The topological polar surface area (TPSA) is 62.3 Å². The number of nitrogens with zero attached hydrogens (tertiary/aromatic N) is 2. The van der Waals surface area contributed by atoms with Crippen LogP contribution in [0.25, 0.3) is 0 Å². The summed E-state index contributed by atoms with van der Waals surface area (Å²) in [4.78, 5) is 6.53. The van der Waals surface area contributed by atoms with Crippen molar-refractivity contribution in [2.45, 2.75) is 25.4 Å². The molecule has 0 bridgehead atoms. The maximum absolute atomic E-state index is 11.5. The van der Waals surface area contributed by atoms with Gasteiger partial charge in [-0.1, -0.05) is 6.07 Å². The molecule has 1 N–H and O–H groups in total. The number of nitrogens with one attached hydrogen (secondary N) is 1. The highest BCUT2D eigenvalue weighted by atomic mass is 32.2. The first-order chi connectivity index (χ1) is 9.14. The Morgan fingerprint density at radius 2 is 2.05 bits per heavy atom. The molecule has 1 aliphatic heterocycles.